The van der Waals surface area contributed by atoms with Gasteiger partial charge in [0.05, 0.1) is 18.8 Å². The van der Waals surface area contributed by atoms with Crippen LogP contribution in [0.3, 0.4) is 0 Å². The molecule has 0 spiro atoms. The first-order valence-corrected chi connectivity index (χ1v) is 6.62. The van der Waals surface area contributed by atoms with Crippen molar-refractivity contribution in [1.29, 1.82) is 0 Å². The summed E-state index contributed by atoms with van der Waals surface area (Å²) in [6.07, 6.45) is -0.280. The third-order valence-corrected chi connectivity index (χ3v) is 3.23. The molecule has 0 aliphatic carbocycles. The van der Waals surface area contributed by atoms with Crippen LogP contribution in [0.2, 0.25) is 5.02 Å². The van der Waals surface area contributed by atoms with Crippen LogP contribution in [0.1, 0.15) is 13.8 Å². The fraction of sp³-hybridized carbons (Fsp3) is 0.500. The monoisotopic (exact) mass is 260 g/mol. The summed E-state index contributed by atoms with van der Waals surface area (Å²) in [4.78, 5) is 1.07. The van der Waals surface area contributed by atoms with Gasteiger partial charge in [0.15, 0.2) is 0 Å². The van der Waals surface area contributed by atoms with Gasteiger partial charge in [-0.05, 0) is 32.0 Å². The van der Waals surface area contributed by atoms with Crippen LogP contribution in [0.15, 0.2) is 29.2 Å². The van der Waals surface area contributed by atoms with Crippen molar-refractivity contribution in [2.75, 3.05) is 12.4 Å². The Morgan fingerprint density at radius 1 is 1.44 bits per heavy atom. The molecule has 1 rings (SSSR count). The topological polar surface area (TPSA) is 29.5 Å². The fourth-order valence-corrected chi connectivity index (χ4v) is 2.22. The number of ether oxygens (including phenoxy) is 1. The van der Waals surface area contributed by atoms with Crippen LogP contribution >= 0.6 is 23.4 Å². The summed E-state index contributed by atoms with van der Waals surface area (Å²) in [7, 11) is 0. The van der Waals surface area contributed by atoms with Crippen molar-refractivity contribution < 1.29 is 9.84 Å². The van der Waals surface area contributed by atoms with E-state index in [0.717, 1.165) is 9.92 Å². The van der Waals surface area contributed by atoms with Crippen LogP contribution in [0.5, 0.6) is 0 Å². The number of halogens is 1. The molecule has 0 fully saturated rings. The summed E-state index contributed by atoms with van der Waals surface area (Å²) in [6, 6.07) is 7.61. The third-order valence-electron chi connectivity index (χ3n) is 1.86. The van der Waals surface area contributed by atoms with Gasteiger partial charge in [-0.1, -0.05) is 17.7 Å². The van der Waals surface area contributed by atoms with E-state index in [1.54, 1.807) is 11.8 Å². The predicted octanol–water partition coefficient (Wildman–Crippen LogP) is 3.22. The van der Waals surface area contributed by atoms with E-state index < -0.39 is 6.10 Å². The van der Waals surface area contributed by atoms with Gasteiger partial charge in [-0.15, -0.1) is 11.8 Å². The third kappa shape index (κ3) is 5.75. The minimum atomic E-state index is -0.439. The number of benzene rings is 1. The van der Waals surface area contributed by atoms with E-state index >= 15 is 0 Å². The molecule has 0 aromatic heterocycles. The zero-order chi connectivity index (χ0) is 12.0. The molecule has 0 amide bonds. The SMILES string of the molecule is CC(C)OCC(O)CSc1cccc(Cl)c1. The Balaban J connectivity index is 2.28. The Morgan fingerprint density at radius 3 is 2.81 bits per heavy atom. The summed E-state index contributed by atoms with van der Waals surface area (Å²) in [6.45, 7) is 4.29. The number of aliphatic hydroxyl groups is 1. The Labute approximate surface area is 106 Å². The number of thioether (sulfide) groups is 1. The van der Waals surface area contributed by atoms with Crippen molar-refractivity contribution in [3.8, 4) is 0 Å². The van der Waals surface area contributed by atoms with Crippen molar-refractivity contribution in [1.82, 2.24) is 0 Å². The standard InChI is InChI=1S/C12H17ClO2S/c1-9(2)15-7-11(14)8-16-12-5-3-4-10(13)6-12/h3-6,9,11,14H,7-8H2,1-2H3. The van der Waals surface area contributed by atoms with Crippen LogP contribution in [-0.2, 0) is 4.74 Å². The molecule has 90 valence electrons. The van der Waals surface area contributed by atoms with Gasteiger partial charge in [0.1, 0.15) is 0 Å². The van der Waals surface area contributed by atoms with Gasteiger partial charge in [-0.2, -0.15) is 0 Å². The lowest BCUT2D eigenvalue weighted by Gasteiger charge is -2.13. The molecule has 0 aliphatic heterocycles. The second kappa shape index (κ2) is 7.17. The Kier molecular flexibility index (Phi) is 6.21. The zero-order valence-corrected chi connectivity index (χ0v) is 11.1. The second-order valence-electron chi connectivity index (χ2n) is 3.80. The van der Waals surface area contributed by atoms with E-state index in [1.807, 2.05) is 38.1 Å². The van der Waals surface area contributed by atoms with Gasteiger partial charge < -0.3 is 9.84 Å². The molecule has 0 radical (unpaired) electrons. The van der Waals surface area contributed by atoms with Crippen molar-refractivity contribution in [2.24, 2.45) is 0 Å². The second-order valence-corrected chi connectivity index (χ2v) is 5.33. The highest BCUT2D eigenvalue weighted by Gasteiger charge is 2.06. The summed E-state index contributed by atoms with van der Waals surface area (Å²) in [5.74, 6) is 0.618. The molecule has 1 unspecified atom stereocenters. The highest BCUT2D eigenvalue weighted by molar-refractivity contribution is 7.99. The van der Waals surface area contributed by atoms with Gasteiger partial charge >= 0.3 is 0 Å². The van der Waals surface area contributed by atoms with Crippen molar-refractivity contribution in [3.05, 3.63) is 29.3 Å². The predicted molar refractivity (Wildman–Crippen MR) is 69.3 cm³/mol. The van der Waals surface area contributed by atoms with Gasteiger partial charge in [0, 0.05) is 15.7 Å². The van der Waals surface area contributed by atoms with Gasteiger partial charge in [0.2, 0.25) is 0 Å². The number of hydrogen-bond donors (Lipinski definition) is 1. The maximum atomic E-state index is 9.65. The Hall–Kier alpha value is -0.220. The Morgan fingerprint density at radius 2 is 2.19 bits per heavy atom. The molecular weight excluding hydrogens is 244 g/mol. The molecule has 2 nitrogen and oxygen atoms in total. The first-order valence-electron chi connectivity index (χ1n) is 5.26. The minimum Gasteiger partial charge on any atom is -0.390 e. The summed E-state index contributed by atoms with van der Waals surface area (Å²) in [5.41, 5.74) is 0. The fourth-order valence-electron chi connectivity index (χ4n) is 1.10. The van der Waals surface area contributed by atoms with Crippen LogP contribution < -0.4 is 0 Å². The van der Waals surface area contributed by atoms with Gasteiger partial charge in [0.25, 0.3) is 0 Å². The number of aliphatic hydroxyl groups excluding tert-OH is 1. The lowest BCUT2D eigenvalue weighted by Crippen LogP contribution is -2.20. The van der Waals surface area contributed by atoms with E-state index in [1.165, 1.54) is 0 Å². The van der Waals surface area contributed by atoms with E-state index in [-0.39, 0.29) is 6.10 Å². The molecule has 1 aromatic carbocycles. The molecule has 0 bridgehead atoms. The number of hydrogen-bond acceptors (Lipinski definition) is 3. The molecule has 1 atom stereocenters. The smallest absolute Gasteiger partial charge is 0.0867 e. The molecule has 0 saturated heterocycles. The highest BCUT2D eigenvalue weighted by atomic mass is 35.5. The molecule has 1 aromatic rings. The minimum absolute atomic E-state index is 0.158. The van der Waals surface area contributed by atoms with E-state index in [4.69, 9.17) is 16.3 Å². The molecular formula is C12H17ClO2S. The average Bonchev–Trinajstić information content (AvgIpc) is 2.23. The molecule has 4 heteroatoms. The molecule has 16 heavy (non-hydrogen) atoms. The van der Waals surface area contributed by atoms with E-state index in [2.05, 4.69) is 0 Å². The van der Waals surface area contributed by atoms with Gasteiger partial charge in [-0.3, -0.25) is 0 Å². The Bertz CT molecular complexity index is 318. The van der Waals surface area contributed by atoms with Gasteiger partial charge in [-0.25, -0.2) is 0 Å². The van der Waals surface area contributed by atoms with Crippen molar-refractivity contribution in [3.63, 3.8) is 0 Å². The quantitative estimate of drug-likeness (QED) is 0.797. The van der Waals surface area contributed by atoms with E-state index in [0.29, 0.717) is 12.4 Å². The van der Waals surface area contributed by atoms with Crippen molar-refractivity contribution in [2.45, 2.75) is 31.0 Å². The highest BCUT2D eigenvalue weighted by Crippen LogP contribution is 2.22. The van der Waals surface area contributed by atoms with E-state index in [9.17, 15) is 5.11 Å². The molecule has 0 aliphatic rings. The summed E-state index contributed by atoms with van der Waals surface area (Å²) in [5, 5.41) is 10.4. The zero-order valence-electron chi connectivity index (χ0n) is 9.52. The first-order chi connectivity index (χ1) is 7.58. The lowest BCUT2D eigenvalue weighted by molar-refractivity contribution is 0.0152. The van der Waals surface area contributed by atoms with Crippen LogP contribution in [0, 0.1) is 0 Å². The largest absolute Gasteiger partial charge is 0.390 e. The maximum absolute atomic E-state index is 9.65. The maximum Gasteiger partial charge on any atom is 0.0867 e. The molecule has 0 saturated carbocycles. The molecule has 1 N–H and O–H groups in total. The first kappa shape index (κ1) is 13.8. The summed E-state index contributed by atoms with van der Waals surface area (Å²) < 4.78 is 5.33. The van der Waals surface area contributed by atoms with Crippen LogP contribution in [0.25, 0.3) is 0 Å². The van der Waals surface area contributed by atoms with Crippen LogP contribution in [-0.4, -0.2) is 29.7 Å². The van der Waals surface area contributed by atoms with Crippen LogP contribution in [0.4, 0.5) is 0 Å². The normalized spacial score (nSPS) is 13.1. The lowest BCUT2D eigenvalue weighted by atomic mass is 10.4. The van der Waals surface area contributed by atoms with Crippen molar-refractivity contribution >= 4 is 23.4 Å². The summed E-state index contributed by atoms with van der Waals surface area (Å²) >= 11 is 7.44. The molecule has 0 heterocycles. The number of rotatable bonds is 6. The average molecular weight is 261 g/mol.